The van der Waals surface area contributed by atoms with Crippen LogP contribution in [0.4, 0.5) is 0 Å². The predicted octanol–water partition coefficient (Wildman–Crippen LogP) is 3.07. The molecule has 0 aliphatic heterocycles. The van der Waals surface area contributed by atoms with Crippen LogP contribution < -0.4 is 4.72 Å². The number of rotatable bonds is 5. The third-order valence-corrected chi connectivity index (χ3v) is 5.22. The van der Waals surface area contributed by atoms with Crippen molar-refractivity contribution in [3.8, 4) is 0 Å². The van der Waals surface area contributed by atoms with Gasteiger partial charge in [0.05, 0.1) is 0 Å². The molecular formula is C11H18ClNO2S2. The van der Waals surface area contributed by atoms with E-state index in [1.165, 1.54) is 11.3 Å². The van der Waals surface area contributed by atoms with E-state index in [0.717, 1.165) is 6.42 Å². The fraction of sp³-hybridized carbons (Fsp3) is 0.636. The van der Waals surface area contributed by atoms with Crippen molar-refractivity contribution in [2.45, 2.75) is 36.8 Å². The van der Waals surface area contributed by atoms with Crippen LogP contribution >= 0.6 is 22.9 Å². The Labute approximate surface area is 112 Å². The number of halogens is 1. The molecule has 0 amide bonds. The average Bonchev–Trinajstić information content (AvgIpc) is 2.65. The topological polar surface area (TPSA) is 46.2 Å². The zero-order valence-corrected chi connectivity index (χ0v) is 12.6. The van der Waals surface area contributed by atoms with E-state index in [1.807, 2.05) is 0 Å². The molecule has 0 aliphatic carbocycles. The molecular weight excluding hydrogens is 278 g/mol. The summed E-state index contributed by atoms with van der Waals surface area (Å²) in [4.78, 5) is 0. The lowest BCUT2D eigenvalue weighted by atomic mass is 9.90. The van der Waals surface area contributed by atoms with Gasteiger partial charge in [-0.25, -0.2) is 13.1 Å². The number of sulfonamides is 1. The van der Waals surface area contributed by atoms with Gasteiger partial charge in [-0.05, 0) is 23.3 Å². The minimum Gasteiger partial charge on any atom is -0.209 e. The highest BCUT2D eigenvalue weighted by molar-refractivity contribution is 7.91. The van der Waals surface area contributed by atoms with Crippen molar-refractivity contribution in [3.05, 3.63) is 17.5 Å². The molecule has 1 heterocycles. The van der Waals surface area contributed by atoms with Crippen LogP contribution in [-0.4, -0.2) is 20.3 Å². The fourth-order valence-corrected chi connectivity index (χ4v) is 4.17. The highest BCUT2D eigenvalue weighted by atomic mass is 35.5. The Morgan fingerprint density at radius 3 is 2.59 bits per heavy atom. The summed E-state index contributed by atoms with van der Waals surface area (Å²) in [5.41, 5.74) is 0.0980. The van der Waals surface area contributed by atoms with Crippen molar-refractivity contribution in [1.82, 2.24) is 4.72 Å². The molecule has 0 radical (unpaired) electrons. The number of nitrogens with one attached hydrogen (secondary N) is 1. The van der Waals surface area contributed by atoms with Crippen molar-refractivity contribution in [2.24, 2.45) is 5.41 Å². The van der Waals surface area contributed by atoms with Gasteiger partial charge in [0.25, 0.3) is 0 Å². The van der Waals surface area contributed by atoms with E-state index in [-0.39, 0.29) is 17.3 Å². The normalized spacial score (nSPS) is 14.8. The van der Waals surface area contributed by atoms with Crippen molar-refractivity contribution in [2.75, 3.05) is 6.54 Å². The van der Waals surface area contributed by atoms with E-state index in [2.05, 4.69) is 25.5 Å². The first kappa shape index (κ1) is 15.0. The molecule has 1 N–H and O–H groups in total. The van der Waals surface area contributed by atoms with Gasteiger partial charge in [0.15, 0.2) is 0 Å². The van der Waals surface area contributed by atoms with Crippen LogP contribution in [0.25, 0.3) is 0 Å². The Bertz CT molecular complexity index is 435. The number of alkyl halides is 1. The molecule has 1 rings (SSSR count). The molecule has 1 unspecified atom stereocenters. The Hall–Kier alpha value is -0.100. The maximum Gasteiger partial charge on any atom is 0.250 e. The SMILES string of the molecule is CC(C)(C)CC(Cl)CNS(=O)(=O)c1cccs1. The van der Waals surface area contributed by atoms with Gasteiger partial charge in [-0.3, -0.25) is 0 Å². The highest BCUT2D eigenvalue weighted by Gasteiger charge is 2.20. The summed E-state index contributed by atoms with van der Waals surface area (Å²) in [5, 5.41) is 1.55. The predicted molar refractivity (Wildman–Crippen MR) is 73.2 cm³/mol. The van der Waals surface area contributed by atoms with Crippen LogP contribution in [0.5, 0.6) is 0 Å². The molecule has 0 saturated carbocycles. The third-order valence-electron chi connectivity index (χ3n) is 2.09. The molecule has 0 saturated heterocycles. The molecule has 6 heteroatoms. The van der Waals surface area contributed by atoms with E-state index in [4.69, 9.17) is 11.6 Å². The molecule has 0 aliphatic rings. The van der Waals surface area contributed by atoms with Crippen LogP contribution in [0.15, 0.2) is 21.7 Å². The first-order valence-electron chi connectivity index (χ1n) is 5.38. The first-order chi connectivity index (χ1) is 7.71. The molecule has 0 fully saturated rings. The monoisotopic (exact) mass is 295 g/mol. The van der Waals surface area contributed by atoms with E-state index in [9.17, 15) is 8.42 Å². The van der Waals surface area contributed by atoms with Crippen LogP contribution in [0, 0.1) is 5.41 Å². The van der Waals surface area contributed by atoms with Gasteiger partial charge in [-0.15, -0.1) is 22.9 Å². The highest BCUT2D eigenvalue weighted by Crippen LogP contribution is 2.23. The molecule has 98 valence electrons. The molecule has 0 aromatic carbocycles. The maximum atomic E-state index is 11.8. The maximum absolute atomic E-state index is 11.8. The summed E-state index contributed by atoms with van der Waals surface area (Å²) >= 11 is 7.31. The van der Waals surface area contributed by atoms with Gasteiger partial charge < -0.3 is 0 Å². The second kappa shape index (κ2) is 5.69. The summed E-state index contributed by atoms with van der Waals surface area (Å²) in [6.45, 7) is 6.50. The zero-order chi connectivity index (χ0) is 13.1. The molecule has 1 aromatic heterocycles. The van der Waals surface area contributed by atoms with Gasteiger partial charge in [0, 0.05) is 11.9 Å². The van der Waals surface area contributed by atoms with Crippen molar-refractivity contribution >= 4 is 33.0 Å². The second-order valence-electron chi connectivity index (χ2n) is 5.15. The molecule has 3 nitrogen and oxygen atoms in total. The van der Waals surface area contributed by atoms with Crippen LogP contribution in [-0.2, 0) is 10.0 Å². The summed E-state index contributed by atoms with van der Waals surface area (Å²) < 4.78 is 26.5. The lowest BCUT2D eigenvalue weighted by Gasteiger charge is -2.21. The zero-order valence-electron chi connectivity index (χ0n) is 10.2. The minimum atomic E-state index is -3.38. The van der Waals surface area contributed by atoms with Crippen LogP contribution in [0.1, 0.15) is 27.2 Å². The van der Waals surface area contributed by atoms with Crippen LogP contribution in [0.2, 0.25) is 0 Å². The van der Waals surface area contributed by atoms with Gasteiger partial charge in [0.1, 0.15) is 4.21 Å². The van der Waals surface area contributed by atoms with Crippen molar-refractivity contribution in [1.29, 1.82) is 0 Å². The quantitative estimate of drug-likeness (QED) is 0.849. The second-order valence-corrected chi connectivity index (χ2v) is 8.70. The molecule has 0 spiro atoms. The van der Waals surface area contributed by atoms with Crippen LogP contribution in [0.3, 0.4) is 0 Å². The van der Waals surface area contributed by atoms with Crippen molar-refractivity contribution < 1.29 is 8.42 Å². The first-order valence-corrected chi connectivity index (χ1v) is 8.18. The summed E-state index contributed by atoms with van der Waals surface area (Å²) in [6.07, 6.45) is 0.765. The minimum absolute atomic E-state index is 0.0980. The standard InChI is InChI=1S/C11H18ClNO2S2/c1-11(2,3)7-9(12)8-13-17(14,15)10-5-4-6-16-10/h4-6,9,13H,7-8H2,1-3H3. The Morgan fingerprint density at radius 2 is 2.12 bits per heavy atom. The van der Waals surface area contributed by atoms with E-state index in [0.29, 0.717) is 4.21 Å². The van der Waals surface area contributed by atoms with Gasteiger partial charge >= 0.3 is 0 Å². The Balaban J connectivity index is 2.51. The van der Waals surface area contributed by atoms with Gasteiger partial charge in [0.2, 0.25) is 10.0 Å². The third kappa shape index (κ3) is 5.38. The lowest BCUT2D eigenvalue weighted by Crippen LogP contribution is -2.31. The number of hydrogen-bond acceptors (Lipinski definition) is 3. The number of hydrogen-bond donors (Lipinski definition) is 1. The average molecular weight is 296 g/mol. The van der Waals surface area contributed by atoms with Gasteiger partial charge in [-0.2, -0.15) is 0 Å². The molecule has 1 aromatic rings. The van der Waals surface area contributed by atoms with Crippen molar-refractivity contribution in [3.63, 3.8) is 0 Å². The lowest BCUT2D eigenvalue weighted by molar-refractivity contribution is 0.369. The Kier molecular flexibility index (Phi) is 5.01. The molecule has 17 heavy (non-hydrogen) atoms. The molecule has 0 bridgehead atoms. The Morgan fingerprint density at radius 1 is 1.47 bits per heavy atom. The summed E-state index contributed by atoms with van der Waals surface area (Å²) in [5.74, 6) is 0. The van der Waals surface area contributed by atoms with E-state index >= 15 is 0 Å². The number of thiophene rings is 1. The smallest absolute Gasteiger partial charge is 0.209 e. The summed E-state index contributed by atoms with van der Waals surface area (Å²) in [6, 6.07) is 3.30. The molecule has 1 atom stereocenters. The fourth-order valence-electron chi connectivity index (χ4n) is 1.42. The van der Waals surface area contributed by atoms with E-state index in [1.54, 1.807) is 17.5 Å². The summed E-state index contributed by atoms with van der Waals surface area (Å²) in [7, 11) is -3.38. The largest absolute Gasteiger partial charge is 0.250 e. The van der Waals surface area contributed by atoms with E-state index < -0.39 is 10.0 Å². The van der Waals surface area contributed by atoms with Gasteiger partial charge in [-0.1, -0.05) is 26.8 Å².